The van der Waals surface area contributed by atoms with E-state index in [1.54, 1.807) is 16.1 Å². The first-order valence-corrected chi connectivity index (χ1v) is 14.6. The van der Waals surface area contributed by atoms with E-state index in [0.29, 0.717) is 24.9 Å². The van der Waals surface area contributed by atoms with Crippen molar-refractivity contribution in [1.29, 1.82) is 0 Å². The van der Waals surface area contributed by atoms with Crippen molar-refractivity contribution in [3.8, 4) is 11.3 Å². The number of pyridine rings is 1. The van der Waals surface area contributed by atoms with Crippen molar-refractivity contribution in [2.45, 2.75) is 96.8 Å². The molecule has 1 saturated heterocycles. The Morgan fingerprint density at radius 3 is 2.52 bits per heavy atom. The monoisotopic (exact) mass is 551 g/mol. The smallest absolute Gasteiger partial charge is 0.410 e. The van der Waals surface area contributed by atoms with E-state index < -0.39 is 5.60 Å². The van der Waals surface area contributed by atoms with Gasteiger partial charge in [-0.2, -0.15) is 4.98 Å². The summed E-state index contributed by atoms with van der Waals surface area (Å²) < 4.78 is 5.51. The molecule has 2 aromatic rings. The number of likely N-dealkylation sites (tertiary alicyclic amines) is 1. The van der Waals surface area contributed by atoms with Crippen LogP contribution >= 0.6 is 0 Å². The first kappa shape index (κ1) is 29.7. The molecule has 1 aliphatic carbocycles. The summed E-state index contributed by atoms with van der Waals surface area (Å²) in [6.07, 6.45) is 12.1. The molecule has 0 atom stereocenters. The fourth-order valence-electron chi connectivity index (χ4n) is 5.05. The van der Waals surface area contributed by atoms with Gasteiger partial charge in [0.25, 0.3) is 0 Å². The highest BCUT2D eigenvalue weighted by Gasteiger charge is 2.27. The number of aromatic nitrogens is 3. The zero-order chi connectivity index (χ0) is 28.7. The molecule has 2 aromatic heterocycles. The Kier molecular flexibility index (Phi) is 9.97. The van der Waals surface area contributed by atoms with Crippen molar-refractivity contribution < 1.29 is 14.6 Å². The van der Waals surface area contributed by atoms with Crippen LogP contribution in [0.2, 0.25) is 0 Å². The number of unbranched alkanes of at least 4 members (excludes halogenated alkanes) is 1. The Morgan fingerprint density at radius 1 is 1.18 bits per heavy atom. The zero-order valence-electron chi connectivity index (χ0n) is 24.4. The maximum Gasteiger partial charge on any atom is 0.410 e. The topological polar surface area (TPSA) is 130 Å². The molecule has 0 aromatic carbocycles. The molecule has 218 valence electrons. The number of piperidine rings is 1. The van der Waals surface area contributed by atoms with Gasteiger partial charge in [0.1, 0.15) is 5.60 Å². The Morgan fingerprint density at radius 2 is 1.90 bits per heavy atom. The van der Waals surface area contributed by atoms with E-state index in [0.717, 1.165) is 74.7 Å². The fraction of sp³-hybridized carbons (Fsp3) is 0.600. The van der Waals surface area contributed by atoms with Gasteiger partial charge in [0.15, 0.2) is 5.82 Å². The molecular formula is C30H45N7O3. The molecule has 40 heavy (non-hydrogen) atoms. The lowest BCUT2D eigenvalue weighted by molar-refractivity contribution is 0.0237. The molecule has 2 fully saturated rings. The predicted molar refractivity (Wildman–Crippen MR) is 159 cm³/mol. The Labute approximate surface area is 238 Å². The summed E-state index contributed by atoms with van der Waals surface area (Å²) in [6.45, 7) is 9.90. The van der Waals surface area contributed by atoms with Crippen molar-refractivity contribution in [3.05, 3.63) is 35.7 Å². The molecule has 1 saturated carbocycles. The molecule has 1 aliphatic heterocycles. The number of nitrogens with zero attached hydrogens (tertiary/aromatic N) is 5. The fourth-order valence-corrected chi connectivity index (χ4v) is 5.05. The lowest BCUT2D eigenvalue weighted by Crippen LogP contribution is -2.45. The van der Waals surface area contributed by atoms with Gasteiger partial charge < -0.3 is 20.1 Å². The number of hydrazine groups is 1. The number of nitrogens with two attached hydrogens (primary N) is 1. The maximum absolute atomic E-state index is 12.4. The van der Waals surface area contributed by atoms with Crippen molar-refractivity contribution in [3.63, 3.8) is 0 Å². The van der Waals surface area contributed by atoms with Crippen molar-refractivity contribution in [2.75, 3.05) is 30.0 Å². The molecule has 2 aliphatic rings. The Balaban J connectivity index is 1.48. The zero-order valence-corrected chi connectivity index (χ0v) is 24.4. The molecule has 3 heterocycles. The van der Waals surface area contributed by atoms with Crippen LogP contribution in [0.25, 0.3) is 17.3 Å². The number of rotatable bonds is 8. The van der Waals surface area contributed by atoms with Gasteiger partial charge in [-0.25, -0.2) is 15.6 Å². The normalized spacial score (nSPS) is 19.8. The van der Waals surface area contributed by atoms with Crippen LogP contribution in [-0.2, 0) is 4.74 Å². The number of nitrogens with one attached hydrogen (secondary N) is 1. The molecule has 1 amide bonds. The van der Waals surface area contributed by atoms with Crippen LogP contribution in [0.3, 0.4) is 0 Å². The van der Waals surface area contributed by atoms with E-state index >= 15 is 0 Å². The number of hydrogen-bond donors (Lipinski definition) is 3. The SMILES string of the molecule is CCCCNc1ncc(-c2ccc(C=C3CCN(C(=O)OC(C)(C)C)CC3)cn2)c(N(N)C2CCC(O)CC2)n1. The van der Waals surface area contributed by atoms with Gasteiger partial charge in [0, 0.05) is 38.1 Å². The first-order chi connectivity index (χ1) is 19.1. The molecular weight excluding hydrogens is 506 g/mol. The lowest BCUT2D eigenvalue weighted by atomic mass is 9.92. The first-order valence-electron chi connectivity index (χ1n) is 14.6. The third kappa shape index (κ3) is 8.14. The average Bonchev–Trinajstić information content (AvgIpc) is 2.93. The van der Waals surface area contributed by atoms with Gasteiger partial charge >= 0.3 is 6.09 Å². The summed E-state index contributed by atoms with van der Waals surface area (Å²) in [7, 11) is 0. The van der Waals surface area contributed by atoms with Crippen molar-refractivity contribution in [1.82, 2.24) is 19.9 Å². The number of anilines is 2. The van der Waals surface area contributed by atoms with Gasteiger partial charge in [-0.1, -0.05) is 31.1 Å². The highest BCUT2D eigenvalue weighted by atomic mass is 16.6. The van der Waals surface area contributed by atoms with Crippen LogP contribution in [0.15, 0.2) is 30.1 Å². The van der Waals surface area contributed by atoms with Crippen LogP contribution in [-0.4, -0.2) is 68.4 Å². The highest BCUT2D eigenvalue weighted by molar-refractivity contribution is 5.74. The van der Waals surface area contributed by atoms with E-state index in [9.17, 15) is 9.90 Å². The van der Waals surface area contributed by atoms with E-state index in [4.69, 9.17) is 20.5 Å². The van der Waals surface area contributed by atoms with Gasteiger partial charge in [-0.15, -0.1) is 0 Å². The number of carbonyl (C=O) groups excluding carboxylic acids is 1. The van der Waals surface area contributed by atoms with E-state index in [2.05, 4.69) is 23.3 Å². The number of aliphatic hydroxyl groups is 1. The summed E-state index contributed by atoms with van der Waals surface area (Å²) in [5.74, 6) is 7.85. The third-order valence-electron chi connectivity index (χ3n) is 7.38. The van der Waals surface area contributed by atoms with Crippen molar-refractivity contribution >= 4 is 23.9 Å². The van der Waals surface area contributed by atoms with Crippen LogP contribution < -0.4 is 16.2 Å². The number of aliphatic hydroxyl groups excluding tert-OH is 1. The van der Waals surface area contributed by atoms with Crippen LogP contribution in [0.4, 0.5) is 16.6 Å². The minimum Gasteiger partial charge on any atom is -0.444 e. The van der Waals surface area contributed by atoms with Crippen LogP contribution in [0.5, 0.6) is 0 Å². The molecule has 0 radical (unpaired) electrons. The molecule has 10 heteroatoms. The highest BCUT2D eigenvalue weighted by Crippen LogP contribution is 2.32. The molecule has 4 N–H and O–H groups in total. The summed E-state index contributed by atoms with van der Waals surface area (Å²) >= 11 is 0. The number of ether oxygens (including phenoxy) is 1. The van der Waals surface area contributed by atoms with Crippen LogP contribution in [0.1, 0.15) is 84.6 Å². The Hall–Kier alpha value is -3.24. The largest absolute Gasteiger partial charge is 0.444 e. The minimum atomic E-state index is -0.489. The summed E-state index contributed by atoms with van der Waals surface area (Å²) in [6, 6.07) is 4.12. The second-order valence-electron chi connectivity index (χ2n) is 11.8. The summed E-state index contributed by atoms with van der Waals surface area (Å²) in [5.41, 5.74) is 3.34. The van der Waals surface area contributed by atoms with Crippen molar-refractivity contribution in [2.24, 2.45) is 5.84 Å². The molecule has 10 nitrogen and oxygen atoms in total. The molecule has 0 spiro atoms. The number of hydrogen-bond acceptors (Lipinski definition) is 9. The second kappa shape index (κ2) is 13.4. The van der Waals surface area contributed by atoms with E-state index in [1.165, 1.54) is 5.57 Å². The summed E-state index contributed by atoms with van der Waals surface area (Å²) in [5, 5.41) is 15.0. The standard InChI is InChI=1S/C30H45N7O3/c1-5-6-15-32-28-34-20-25(27(35-28)37(31)23-8-10-24(38)11-9-23)26-12-7-22(19-33-26)18-21-13-16-36(17-14-21)29(39)40-30(2,3)4/h7,12,18-20,23-24,38H,5-6,8-11,13-17,31H2,1-4H3,(H,32,34,35). The van der Waals surface area contributed by atoms with Gasteiger partial charge in [0.2, 0.25) is 5.95 Å². The van der Waals surface area contributed by atoms with E-state index in [1.807, 2.05) is 39.1 Å². The third-order valence-corrected chi connectivity index (χ3v) is 7.38. The average molecular weight is 552 g/mol. The Bertz CT molecular complexity index is 1140. The molecule has 0 bridgehead atoms. The second-order valence-corrected chi connectivity index (χ2v) is 11.8. The number of carbonyl (C=O) groups is 1. The molecule has 0 unspecified atom stereocenters. The number of amides is 1. The predicted octanol–water partition coefficient (Wildman–Crippen LogP) is 5.15. The van der Waals surface area contributed by atoms with Gasteiger partial charge in [-0.3, -0.25) is 9.99 Å². The van der Waals surface area contributed by atoms with Gasteiger partial charge in [0.05, 0.1) is 17.4 Å². The quantitative estimate of drug-likeness (QED) is 0.232. The van der Waals surface area contributed by atoms with Gasteiger partial charge in [-0.05, 0) is 77.3 Å². The van der Waals surface area contributed by atoms with E-state index in [-0.39, 0.29) is 18.2 Å². The minimum absolute atomic E-state index is 0.0936. The lowest BCUT2D eigenvalue weighted by Gasteiger charge is -2.34. The summed E-state index contributed by atoms with van der Waals surface area (Å²) in [4.78, 5) is 28.2. The maximum atomic E-state index is 12.4. The molecule has 4 rings (SSSR count). The van der Waals surface area contributed by atoms with Crippen LogP contribution in [0, 0.1) is 0 Å².